The van der Waals surface area contributed by atoms with Crippen molar-refractivity contribution in [1.82, 2.24) is 5.32 Å². The van der Waals surface area contributed by atoms with Crippen LogP contribution in [0.5, 0.6) is 0 Å². The van der Waals surface area contributed by atoms with Crippen LogP contribution in [-0.2, 0) is 43.0 Å². The zero-order chi connectivity index (χ0) is 30.8. The predicted molar refractivity (Wildman–Crippen MR) is 154 cm³/mol. The van der Waals surface area contributed by atoms with Gasteiger partial charge in [0.1, 0.15) is 18.8 Å². The summed E-state index contributed by atoms with van der Waals surface area (Å²) in [6.07, 6.45) is 2.25. The normalized spacial score (nSPS) is 12.2. The third-order valence-electron chi connectivity index (χ3n) is 5.47. The lowest BCUT2D eigenvalue weighted by molar-refractivity contribution is -0.155. The summed E-state index contributed by atoms with van der Waals surface area (Å²) in [6, 6.07) is 0. The first-order valence-electron chi connectivity index (χ1n) is 13.7. The molecule has 0 rings (SSSR count). The second-order valence-corrected chi connectivity index (χ2v) is 10.8. The molecule has 0 bridgehead atoms. The van der Waals surface area contributed by atoms with Crippen LogP contribution < -0.4 is 5.32 Å². The highest BCUT2D eigenvalue weighted by Crippen LogP contribution is 2.17. The number of rotatable bonds is 18. The van der Waals surface area contributed by atoms with Crippen LogP contribution >= 0.6 is 0 Å². The third kappa shape index (κ3) is 21.1. The van der Waals surface area contributed by atoms with Crippen LogP contribution in [0, 0.1) is 17.8 Å². The zero-order valence-corrected chi connectivity index (χ0v) is 25.3. The van der Waals surface area contributed by atoms with Crippen LogP contribution in [0.1, 0.15) is 108 Å². The second-order valence-electron chi connectivity index (χ2n) is 10.8. The van der Waals surface area contributed by atoms with Crippen molar-refractivity contribution in [1.29, 1.82) is 0 Å². The molecule has 1 N–H and O–H groups in total. The van der Waals surface area contributed by atoms with Crippen molar-refractivity contribution in [2.75, 3.05) is 19.8 Å². The Hall–Kier alpha value is -2.75. The van der Waals surface area contributed by atoms with Gasteiger partial charge in [-0.15, -0.1) is 0 Å². The second kappa shape index (κ2) is 22.0. The fraction of sp³-hybridized carbons (Fsp3) is 0.767. The molecule has 0 saturated heterocycles. The van der Waals surface area contributed by atoms with Gasteiger partial charge in [0, 0.05) is 31.6 Å². The van der Waals surface area contributed by atoms with Crippen molar-refractivity contribution in [3.63, 3.8) is 0 Å². The van der Waals surface area contributed by atoms with Gasteiger partial charge in [0.2, 0.25) is 5.91 Å². The number of Topliss-reactive ketones (excluding diaryl/α,β-unsaturated/α-hetero) is 5. The van der Waals surface area contributed by atoms with Crippen LogP contribution in [-0.4, -0.2) is 66.2 Å². The lowest BCUT2D eigenvalue weighted by atomic mass is 9.88. The summed E-state index contributed by atoms with van der Waals surface area (Å²) in [7, 11) is 0. The molecular formula is C30H53NO9. The van der Waals surface area contributed by atoms with Gasteiger partial charge in [0.25, 0.3) is 0 Å². The minimum Gasteiger partial charge on any atom is -0.459 e. The minimum absolute atomic E-state index is 0. The van der Waals surface area contributed by atoms with E-state index in [-0.39, 0.29) is 75.4 Å². The van der Waals surface area contributed by atoms with E-state index in [1.807, 2.05) is 6.92 Å². The number of ketones is 5. The van der Waals surface area contributed by atoms with Gasteiger partial charge in [-0.3, -0.25) is 33.6 Å². The minimum atomic E-state index is -0.634. The Kier molecular flexibility index (Phi) is 22.9. The van der Waals surface area contributed by atoms with Crippen LogP contribution in [0.25, 0.3) is 0 Å². The topological polar surface area (TPSA) is 150 Å². The Labute approximate surface area is 240 Å². The molecule has 2 atom stereocenters. The van der Waals surface area contributed by atoms with Gasteiger partial charge in [-0.05, 0) is 46.0 Å². The highest BCUT2D eigenvalue weighted by Gasteiger charge is 2.28. The summed E-state index contributed by atoms with van der Waals surface area (Å²) in [5, 5.41) is 2.47. The lowest BCUT2D eigenvalue weighted by Gasteiger charge is -2.21. The molecule has 0 aromatic heterocycles. The first-order valence-corrected chi connectivity index (χ1v) is 13.7. The summed E-state index contributed by atoms with van der Waals surface area (Å²) in [5.74, 6) is -3.37. The van der Waals surface area contributed by atoms with E-state index >= 15 is 0 Å². The maximum atomic E-state index is 12.1. The molecule has 0 aliphatic carbocycles. The van der Waals surface area contributed by atoms with E-state index in [2.05, 4.69) is 5.32 Å². The van der Waals surface area contributed by atoms with E-state index in [4.69, 9.17) is 9.47 Å². The molecule has 232 valence electrons. The van der Waals surface area contributed by atoms with Crippen LogP contribution in [0.3, 0.4) is 0 Å². The first kappa shape index (κ1) is 41.7. The van der Waals surface area contributed by atoms with Crippen molar-refractivity contribution < 1.29 is 43.0 Å². The fourth-order valence-corrected chi connectivity index (χ4v) is 3.40. The number of ether oxygens (including phenoxy) is 2. The van der Waals surface area contributed by atoms with Gasteiger partial charge in [-0.25, -0.2) is 0 Å². The van der Waals surface area contributed by atoms with Crippen molar-refractivity contribution >= 4 is 40.8 Å². The van der Waals surface area contributed by atoms with E-state index in [1.165, 1.54) is 6.92 Å². The Balaban J connectivity index is -0.000000689. The number of amides is 1. The smallest absolute Gasteiger partial charge is 0.325 e. The summed E-state index contributed by atoms with van der Waals surface area (Å²) < 4.78 is 10.3. The molecule has 0 unspecified atom stereocenters. The number of hydrogen-bond acceptors (Lipinski definition) is 9. The standard InChI is InChI=1S/C16H27NO5.C13H22O4.CH4/c1-7-12(18)13(19)8-11(10(2)3)15(21)17-9-14(20)22-16(4,5)6;1-4-6-11(9-17-8-10(3)14)7-13(16)12(15)5-2;/h10-11H,7-9H2,1-6H3,(H,17,21);11H,4-9H2,1-3H3;1H4/t2*11-;/m01./s1. The van der Waals surface area contributed by atoms with Gasteiger partial charge in [0.05, 0.1) is 6.61 Å². The highest BCUT2D eigenvalue weighted by atomic mass is 16.6. The fourth-order valence-electron chi connectivity index (χ4n) is 3.40. The van der Waals surface area contributed by atoms with Crippen molar-refractivity contribution in [2.24, 2.45) is 17.8 Å². The molecule has 1 amide bonds. The Bertz CT molecular complexity index is 841. The van der Waals surface area contributed by atoms with Crippen LogP contribution in [0.4, 0.5) is 0 Å². The molecule has 40 heavy (non-hydrogen) atoms. The first-order chi connectivity index (χ1) is 18.0. The molecule has 0 spiro atoms. The number of nitrogens with one attached hydrogen (secondary N) is 1. The number of hydrogen-bond donors (Lipinski definition) is 1. The summed E-state index contributed by atoms with van der Waals surface area (Å²) in [4.78, 5) is 80.1. The molecule has 0 radical (unpaired) electrons. The van der Waals surface area contributed by atoms with E-state index < -0.39 is 35.0 Å². The summed E-state index contributed by atoms with van der Waals surface area (Å²) in [6.45, 7) is 15.7. The molecule has 0 aromatic carbocycles. The van der Waals surface area contributed by atoms with Crippen molar-refractivity contribution in [3.05, 3.63) is 0 Å². The predicted octanol–water partition coefficient (Wildman–Crippen LogP) is 4.24. The van der Waals surface area contributed by atoms with Gasteiger partial charge < -0.3 is 14.8 Å². The monoisotopic (exact) mass is 571 g/mol. The van der Waals surface area contributed by atoms with Gasteiger partial charge in [0.15, 0.2) is 28.9 Å². The average Bonchev–Trinajstić information content (AvgIpc) is 2.83. The van der Waals surface area contributed by atoms with Crippen molar-refractivity contribution in [3.8, 4) is 0 Å². The third-order valence-corrected chi connectivity index (χ3v) is 5.47. The molecule has 10 heteroatoms. The van der Waals surface area contributed by atoms with Gasteiger partial charge >= 0.3 is 5.97 Å². The Morgan fingerprint density at radius 1 is 0.800 bits per heavy atom. The molecule has 10 nitrogen and oxygen atoms in total. The molecule has 0 heterocycles. The maximum absolute atomic E-state index is 12.1. The number of carbonyl (C=O) groups is 7. The van der Waals surface area contributed by atoms with E-state index in [9.17, 15) is 33.6 Å². The van der Waals surface area contributed by atoms with E-state index in [1.54, 1.807) is 48.5 Å². The summed E-state index contributed by atoms with van der Waals surface area (Å²) >= 11 is 0. The molecular weight excluding hydrogens is 518 g/mol. The number of esters is 1. The Morgan fingerprint density at radius 2 is 1.30 bits per heavy atom. The quantitative estimate of drug-likeness (QED) is 0.188. The molecule has 0 fully saturated rings. The van der Waals surface area contributed by atoms with Gasteiger partial charge in [-0.2, -0.15) is 0 Å². The zero-order valence-electron chi connectivity index (χ0n) is 25.3. The van der Waals surface area contributed by atoms with Gasteiger partial charge in [-0.1, -0.05) is 48.5 Å². The average molecular weight is 572 g/mol. The summed E-state index contributed by atoms with van der Waals surface area (Å²) in [5.41, 5.74) is -0.622. The van der Waals surface area contributed by atoms with E-state index in [0.29, 0.717) is 6.61 Å². The number of carbonyl (C=O) groups excluding carboxylic acids is 7. The lowest BCUT2D eigenvalue weighted by Crippen LogP contribution is -2.40. The van der Waals surface area contributed by atoms with E-state index in [0.717, 1.165) is 12.8 Å². The van der Waals surface area contributed by atoms with Crippen LogP contribution in [0.15, 0.2) is 0 Å². The maximum Gasteiger partial charge on any atom is 0.325 e. The van der Waals surface area contributed by atoms with Crippen LogP contribution in [0.2, 0.25) is 0 Å². The molecule has 0 aliphatic rings. The Morgan fingerprint density at radius 3 is 1.70 bits per heavy atom. The SMILES string of the molecule is C.CCC(=O)C(=O)C[C@H](C(=O)NCC(=O)OC(C)(C)C)C(C)C.CCC[C@@H](COCC(C)=O)CC(=O)C(=O)CC. The molecule has 0 aromatic rings. The molecule has 0 saturated carbocycles. The van der Waals surface area contributed by atoms with Crippen molar-refractivity contribution in [2.45, 2.75) is 114 Å². The largest absolute Gasteiger partial charge is 0.459 e. The molecule has 0 aliphatic heterocycles. The highest BCUT2D eigenvalue weighted by molar-refractivity contribution is 6.37.